The molecule has 1 heteroatoms. The Kier molecular flexibility index (Phi) is 3.13. The highest BCUT2D eigenvalue weighted by Crippen LogP contribution is 2.19. The molecule has 0 saturated heterocycles. The summed E-state index contributed by atoms with van der Waals surface area (Å²) in [5.41, 5.74) is 3.97. The Hall–Kier alpha value is -1.24. The number of hydrogen-bond acceptors (Lipinski definition) is 0. The van der Waals surface area contributed by atoms with Crippen LogP contribution in [0.1, 0.15) is 25.0 Å². The zero-order chi connectivity index (χ0) is 9.84. The fraction of sp³-hybridized carbons (Fsp3) is 0.333. The van der Waals surface area contributed by atoms with Gasteiger partial charge in [0, 0.05) is 17.1 Å². The predicted molar refractivity (Wildman–Crippen MR) is 59.1 cm³/mol. The van der Waals surface area contributed by atoms with E-state index in [0.29, 0.717) is 0 Å². The number of H-pyrrole nitrogens is 1. The first-order chi connectivity index (χ1) is 6.29. The van der Waals surface area contributed by atoms with E-state index in [0.717, 1.165) is 0 Å². The fourth-order valence-electron chi connectivity index (χ4n) is 1.39. The third kappa shape index (κ3) is 1.74. The Bertz CT molecular complexity index is 385. The monoisotopic (exact) mass is 175 g/mol. The molecule has 0 atom stereocenters. The molecule has 0 spiro atoms. The van der Waals surface area contributed by atoms with Gasteiger partial charge in [0.05, 0.1) is 0 Å². The number of aryl methyl sites for hydroxylation is 2. The average molecular weight is 175 g/mol. The van der Waals surface area contributed by atoms with Crippen LogP contribution in [0.25, 0.3) is 10.9 Å². The van der Waals surface area contributed by atoms with Gasteiger partial charge >= 0.3 is 0 Å². The van der Waals surface area contributed by atoms with Crippen molar-refractivity contribution in [1.29, 1.82) is 0 Å². The van der Waals surface area contributed by atoms with Crippen molar-refractivity contribution < 1.29 is 0 Å². The topological polar surface area (TPSA) is 15.8 Å². The van der Waals surface area contributed by atoms with Crippen LogP contribution in [-0.4, -0.2) is 4.98 Å². The first-order valence-corrected chi connectivity index (χ1v) is 4.82. The molecular formula is C12H17N. The van der Waals surface area contributed by atoms with Gasteiger partial charge in [0.1, 0.15) is 0 Å². The summed E-state index contributed by atoms with van der Waals surface area (Å²) in [7, 11) is 0. The third-order valence-corrected chi connectivity index (χ3v) is 2.27. The highest BCUT2D eigenvalue weighted by atomic mass is 14.7. The van der Waals surface area contributed by atoms with Crippen molar-refractivity contribution in [3.8, 4) is 0 Å². The Morgan fingerprint density at radius 1 is 1.00 bits per heavy atom. The van der Waals surface area contributed by atoms with Gasteiger partial charge in [0.25, 0.3) is 0 Å². The smallest absolute Gasteiger partial charge is 0.0456 e. The van der Waals surface area contributed by atoms with Crippen molar-refractivity contribution in [2.24, 2.45) is 0 Å². The molecule has 1 aromatic carbocycles. The van der Waals surface area contributed by atoms with Crippen LogP contribution < -0.4 is 0 Å². The third-order valence-electron chi connectivity index (χ3n) is 2.27. The average Bonchev–Trinajstić information content (AvgIpc) is 2.63. The van der Waals surface area contributed by atoms with Crippen molar-refractivity contribution >= 4 is 10.9 Å². The van der Waals surface area contributed by atoms with Crippen LogP contribution in [0.3, 0.4) is 0 Å². The molecule has 2 rings (SSSR count). The second-order valence-corrected chi connectivity index (χ2v) is 2.95. The molecule has 0 amide bonds. The van der Waals surface area contributed by atoms with E-state index in [2.05, 4.69) is 37.0 Å². The van der Waals surface area contributed by atoms with E-state index in [9.17, 15) is 0 Å². The molecule has 0 saturated carbocycles. The van der Waals surface area contributed by atoms with Crippen LogP contribution in [0.5, 0.6) is 0 Å². The van der Waals surface area contributed by atoms with E-state index in [1.807, 2.05) is 20.0 Å². The highest BCUT2D eigenvalue weighted by Gasteiger charge is 1.98. The Balaban J connectivity index is 0.000000396. The molecule has 0 unspecified atom stereocenters. The molecule has 0 fully saturated rings. The van der Waals surface area contributed by atoms with Crippen LogP contribution in [0.2, 0.25) is 0 Å². The van der Waals surface area contributed by atoms with Crippen LogP contribution in [0.15, 0.2) is 24.4 Å². The minimum Gasteiger partial charge on any atom is -0.361 e. The molecule has 0 aliphatic heterocycles. The Morgan fingerprint density at radius 2 is 1.69 bits per heavy atom. The van der Waals surface area contributed by atoms with Crippen LogP contribution >= 0.6 is 0 Å². The van der Waals surface area contributed by atoms with E-state index < -0.39 is 0 Å². The number of hydrogen-bond donors (Lipinski definition) is 1. The lowest BCUT2D eigenvalue weighted by Gasteiger charge is -1.99. The lowest BCUT2D eigenvalue weighted by molar-refractivity contribution is 1.38. The van der Waals surface area contributed by atoms with E-state index in [1.54, 1.807) is 0 Å². The zero-order valence-electron chi connectivity index (χ0n) is 8.81. The molecule has 1 heterocycles. The van der Waals surface area contributed by atoms with Gasteiger partial charge in [-0.2, -0.15) is 0 Å². The number of aromatic nitrogens is 1. The summed E-state index contributed by atoms with van der Waals surface area (Å²) < 4.78 is 0. The molecule has 1 nitrogen and oxygen atoms in total. The second-order valence-electron chi connectivity index (χ2n) is 2.95. The van der Waals surface area contributed by atoms with Gasteiger partial charge in [-0.3, -0.25) is 0 Å². The first kappa shape index (κ1) is 9.85. The predicted octanol–water partition coefficient (Wildman–Crippen LogP) is 3.81. The summed E-state index contributed by atoms with van der Waals surface area (Å²) in [6, 6.07) is 6.39. The number of nitrogens with one attached hydrogen (secondary N) is 1. The van der Waals surface area contributed by atoms with Gasteiger partial charge in [-0.25, -0.2) is 0 Å². The molecule has 0 aliphatic carbocycles. The van der Waals surface area contributed by atoms with Gasteiger partial charge < -0.3 is 4.98 Å². The number of benzene rings is 1. The normalized spacial score (nSPS) is 9.54. The van der Waals surface area contributed by atoms with Crippen molar-refractivity contribution in [1.82, 2.24) is 4.98 Å². The van der Waals surface area contributed by atoms with E-state index in [-0.39, 0.29) is 0 Å². The summed E-state index contributed by atoms with van der Waals surface area (Å²) >= 11 is 0. The summed E-state index contributed by atoms with van der Waals surface area (Å²) in [5.74, 6) is 0. The zero-order valence-corrected chi connectivity index (χ0v) is 8.81. The van der Waals surface area contributed by atoms with Crippen LogP contribution in [-0.2, 0) is 0 Å². The Labute approximate surface area is 79.8 Å². The number of rotatable bonds is 0. The quantitative estimate of drug-likeness (QED) is 0.626. The van der Waals surface area contributed by atoms with Gasteiger partial charge in [-0.15, -0.1) is 0 Å². The van der Waals surface area contributed by atoms with Crippen molar-refractivity contribution in [2.75, 3.05) is 0 Å². The highest BCUT2D eigenvalue weighted by molar-refractivity contribution is 5.83. The number of fused-ring (bicyclic) bond motifs is 1. The largest absolute Gasteiger partial charge is 0.361 e. The lowest BCUT2D eigenvalue weighted by Crippen LogP contribution is -1.79. The molecule has 1 aromatic heterocycles. The summed E-state index contributed by atoms with van der Waals surface area (Å²) in [5, 5.41) is 1.34. The maximum absolute atomic E-state index is 3.19. The maximum atomic E-state index is 3.19. The first-order valence-electron chi connectivity index (χ1n) is 4.82. The Morgan fingerprint density at radius 3 is 2.38 bits per heavy atom. The van der Waals surface area contributed by atoms with Crippen LogP contribution in [0.4, 0.5) is 0 Å². The SMILES string of the molecule is CC.Cc1ccc2[nH]ccc2c1C. The minimum atomic E-state index is 1.23. The fourth-order valence-corrected chi connectivity index (χ4v) is 1.39. The maximum Gasteiger partial charge on any atom is 0.0456 e. The molecule has 0 aliphatic rings. The lowest BCUT2D eigenvalue weighted by atomic mass is 10.1. The van der Waals surface area contributed by atoms with Gasteiger partial charge in [0.15, 0.2) is 0 Å². The molecule has 2 aromatic rings. The van der Waals surface area contributed by atoms with E-state index in [4.69, 9.17) is 0 Å². The van der Waals surface area contributed by atoms with Crippen LogP contribution in [0, 0.1) is 13.8 Å². The second kappa shape index (κ2) is 4.13. The van der Waals surface area contributed by atoms with Gasteiger partial charge in [0.2, 0.25) is 0 Å². The summed E-state index contributed by atoms with van der Waals surface area (Å²) in [6.45, 7) is 8.30. The van der Waals surface area contributed by atoms with E-state index in [1.165, 1.54) is 22.0 Å². The summed E-state index contributed by atoms with van der Waals surface area (Å²) in [6.07, 6.45) is 1.98. The van der Waals surface area contributed by atoms with Crippen molar-refractivity contribution in [3.05, 3.63) is 35.5 Å². The van der Waals surface area contributed by atoms with Crippen molar-refractivity contribution in [2.45, 2.75) is 27.7 Å². The molecule has 1 N–H and O–H groups in total. The van der Waals surface area contributed by atoms with Gasteiger partial charge in [-0.1, -0.05) is 19.9 Å². The van der Waals surface area contributed by atoms with Gasteiger partial charge in [-0.05, 0) is 37.1 Å². The summed E-state index contributed by atoms with van der Waals surface area (Å²) in [4.78, 5) is 3.19. The molecule has 70 valence electrons. The van der Waals surface area contributed by atoms with E-state index >= 15 is 0 Å². The standard InChI is InChI=1S/C10H11N.C2H6/c1-7-3-4-10-9(8(7)2)5-6-11-10;1-2/h3-6,11H,1-2H3;1-2H3. The molecular weight excluding hydrogens is 158 g/mol. The molecule has 13 heavy (non-hydrogen) atoms. The molecule has 0 bridgehead atoms. The molecule has 0 radical (unpaired) electrons. The minimum absolute atomic E-state index is 1.23. The number of aromatic amines is 1. The van der Waals surface area contributed by atoms with Crippen molar-refractivity contribution in [3.63, 3.8) is 0 Å².